The fourth-order valence-electron chi connectivity index (χ4n) is 5.92. The van der Waals surface area contributed by atoms with E-state index in [9.17, 15) is 27.0 Å². The first kappa shape index (κ1) is 38.9. The van der Waals surface area contributed by atoms with Gasteiger partial charge in [0.1, 0.15) is 21.4 Å². The summed E-state index contributed by atoms with van der Waals surface area (Å²) in [7, 11) is -7.11. The van der Waals surface area contributed by atoms with E-state index in [1.165, 1.54) is 45.3 Å². The predicted octanol–water partition coefficient (Wildman–Crippen LogP) is 2.80. The molecular formula is C36H48N8O6S2. The zero-order valence-electron chi connectivity index (χ0n) is 29.9. The Kier molecular flexibility index (Phi) is 11.5. The lowest BCUT2D eigenvalue weighted by Crippen LogP contribution is -2.48. The minimum absolute atomic E-state index is 0.162. The Labute approximate surface area is 306 Å². The van der Waals surface area contributed by atoms with Gasteiger partial charge >= 0.3 is 0 Å². The number of anilines is 4. The Hall–Kier alpha value is -4.32. The highest BCUT2D eigenvalue weighted by Gasteiger charge is 2.30. The van der Waals surface area contributed by atoms with E-state index in [1.807, 2.05) is 48.5 Å². The second-order valence-corrected chi connectivity index (χ2v) is 17.7. The quantitative estimate of drug-likeness (QED) is 0.206. The lowest BCUT2D eigenvalue weighted by atomic mass is 9.98. The normalized spacial score (nSPS) is 16.7. The second kappa shape index (κ2) is 15.3. The molecule has 6 N–H and O–H groups in total. The fraction of sp³-hybridized carbons (Fsp3) is 0.389. The number of hydrogen-bond donors (Lipinski definition) is 4. The molecule has 2 fully saturated rings. The second-order valence-electron chi connectivity index (χ2n) is 13.8. The SMILES string of the molecule is CC(C)(O)c1ccc(N2CCN(S(=O)(=O)c3ccc(N)nc3)CC2)cc1.CC(C)(O)c1ccc(N2CCN(S(=O)(=O)c3ccc(N)nc3)CC2)cc1. The molecule has 0 radical (unpaired) electrons. The van der Waals surface area contributed by atoms with Crippen LogP contribution in [0.1, 0.15) is 38.8 Å². The van der Waals surface area contributed by atoms with Crippen LogP contribution in [0.4, 0.5) is 23.0 Å². The minimum Gasteiger partial charge on any atom is -0.386 e. The van der Waals surface area contributed by atoms with Gasteiger partial charge in [-0.05, 0) is 87.4 Å². The maximum atomic E-state index is 12.7. The highest BCUT2D eigenvalue weighted by atomic mass is 32.2. The highest BCUT2D eigenvalue weighted by Crippen LogP contribution is 2.27. The molecule has 2 aromatic carbocycles. The summed E-state index contributed by atoms with van der Waals surface area (Å²) in [5.74, 6) is 0.589. The molecule has 0 unspecified atom stereocenters. The molecule has 0 atom stereocenters. The van der Waals surface area contributed by atoms with Gasteiger partial charge in [-0.1, -0.05) is 24.3 Å². The first-order chi connectivity index (χ1) is 24.4. The van der Waals surface area contributed by atoms with Crippen LogP contribution >= 0.6 is 0 Å². The van der Waals surface area contributed by atoms with E-state index in [0.29, 0.717) is 64.0 Å². The van der Waals surface area contributed by atoms with Gasteiger partial charge in [0, 0.05) is 76.1 Å². The fourth-order valence-corrected chi connectivity index (χ4v) is 8.66. The van der Waals surface area contributed by atoms with Crippen LogP contribution in [0.15, 0.2) is 95.0 Å². The topological polar surface area (TPSA) is 200 Å². The summed E-state index contributed by atoms with van der Waals surface area (Å²) >= 11 is 0. The van der Waals surface area contributed by atoms with Gasteiger partial charge in [-0.25, -0.2) is 26.8 Å². The molecule has 52 heavy (non-hydrogen) atoms. The molecule has 4 aromatic rings. The van der Waals surface area contributed by atoms with E-state index in [4.69, 9.17) is 11.5 Å². The smallest absolute Gasteiger partial charge is 0.244 e. The summed E-state index contributed by atoms with van der Waals surface area (Å²) in [6.45, 7) is 11.0. The molecule has 0 amide bonds. The lowest BCUT2D eigenvalue weighted by Gasteiger charge is -2.35. The number of nitrogen functional groups attached to an aromatic ring is 2. The molecule has 4 heterocycles. The number of aliphatic hydroxyl groups is 2. The van der Waals surface area contributed by atoms with Crippen molar-refractivity contribution in [1.82, 2.24) is 18.6 Å². The van der Waals surface area contributed by atoms with E-state index in [-0.39, 0.29) is 9.79 Å². The van der Waals surface area contributed by atoms with Crippen molar-refractivity contribution >= 4 is 43.1 Å². The Morgan fingerprint density at radius 1 is 0.519 bits per heavy atom. The number of pyridine rings is 2. The number of aromatic nitrogens is 2. The summed E-state index contributed by atoms with van der Waals surface area (Å²) < 4.78 is 53.7. The molecule has 2 saturated heterocycles. The van der Waals surface area contributed by atoms with Crippen LogP contribution in [0, 0.1) is 0 Å². The third kappa shape index (κ3) is 9.18. The summed E-state index contributed by atoms with van der Waals surface area (Å²) in [5, 5.41) is 20.1. The standard InChI is InChI=1S/2C18H24N4O3S/c2*1-18(2,23)14-3-5-15(6-4-14)21-9-11-22(12-10-21)26(24,25)16-7-8-17(19)20-13-16/h2*3-8,13,23H,9-12H2,1-2H3,(H2,19,20). The molecule has 280 valence electrons. The number of piperazine rings is 2. The van der Waals surface area contributed by atoms with Gasteiger partial charge in [0.05, 0.1) is 11.2 Å². The minimum atomic E-state index is -3.55. The number of sulfonamides is 2. The molecule has 2 aromatic heterocycles. The third-order valence-corrected chi connectivity index (χ3v) is 12.9. The largest absolute Gasteiger partial charge is 0.386 e. The zero-order chi connectivity index (χ0) is 37.9. The number of nitrogens with zero attached hydrogens (tertiary/aromatic N) is 6. The van der Waals surface area contributed by atoms with Crippen molar-refractivity contribution < 1.29 is 27.0 Å². The third-order valence-electron chi connectivity index (χ3n) is 9.15. The van der Waals surface area contributed by atoms with Gasteiger partial charge < -0.3 is 31.5 Å². The van der Waals surface area contributed by atoms with Crippen LogP contribution in [0.5, 0.6) is 0 Å². The van der Waals surface area contributed by atoms with Crippen molar-refractivity contribution in [2.24, 2.45) is 0 Å². The highest BCUT2D eigenvalue weighted by molar-refractivity contribution is 7.89. The molecule has 0 spiro atoms. The van der Waals surface area contributed by atoms with Gasteiger partial charge in [0.2, 0.25) is 20.0 Å². The predicted molar refractivity (Wildman–Crippen MR) is 203 cm³/mol. The molecule has 6 rings (SSSR count). The maximum absolute atomic E-state index is 12.7. The van der Waals surface area contributed by atoms with E-state index in [0.717, 1.165) is 22.5 Å². The van der Waals surface area contributed by atoms with Crippen molar-refractivity contribution in [2.75, 3.05) is 73.6 Å². The molecule has 0 aliphatic carbocycles. The van der Waals surface area contributed by atoms with E-state index >= 15 is 0 Å². The van der Waals surface area contributed by atoms with Gasteiger partial charge in [0.25, 0.3) is 0 Å². The van der Waals surface area contributed by atoms with Gasteiger partial charge in [-0.2, -0.15) is 8.61 Å². The van der Waals surface area contributed by atoms with Crippen LogP contribution < -0.4 is 21.3 Å². The number of rotatable bonds is 8. The molecule has 14 nitrogen and oxygen atoms in total. The van der Waals surface area contributed by atoms with Crippen LogP contribution in [-0.4, -0.2) is 98.0 Å². The molecule has 0 saturated carbocycles. The number of hydrogen-bond acceptors (Lipinski definition) is 12. The van der Waals surface area contributed by atoms with E-state index < -0.39 is 31.2 Å². The molecule has 2 aliphatic rings. The van der Waals surface area contributed by atoms with Crippen LogP contribution in [0.3, 0.4) is 0 Å². The Morgan fingerprint density at radius 2 is 0.827 bits per heavy atom. The van der Waals surface area contributed by atoms with Gasteiger partial charge in [0.15, 0.2) is 0 Å². The van der Waals surface area contributed by atoms with Crippen molar-refractivity contribution in [2.45, 2.75) is 48.7 Å². The Balaban J connectivity index is 0.000000201. The maximum Gasteiger partial charge on any atom is 0.244 e. The van der Waals surface area contributed by atoms with Crippen LogP contribution in [-0.2, 0) is 31.2 Å². The monoisotopic (exact) mass is 752 g/mol. The van der Waals surface area contributed by atoms with Gasteiger partial charge in [-0.15, -0.1) is 0 Å². The van der Waals surface area contributed by atoms with Crippen LogP contribution in [0.25, 0.3) is 0 Å². The Morgan fingerprint density at radius 3 is 1.08 bits per heavy atom. The van der Waals surface area contributed by atoms with Gasteiger partial charge in [-0.3, -0.25) is 0 Å². The summed E-state index contributed by atoms with van der Waals surface area (Å²) in [4.78, 5) is 12.3. The lowest BCUT2D eigenvalue weighted by molar-refractivity contribution is 0.0780. The van der Waals surface area contributed by atoms with Crippen LogP contribution in [0.2, 0.25) is 0 Å². The first-order valence-electron chi connectivity index (χ1n) is 16.9. The van der Waals surface area contributed by atoms with E-state index in [2.05, 4.69) is 19.8 Å². The molecule has 0 bridgehead atoms. The molecule has 16 heteroatoms. The average Bonchev–Trinajstić information content (AvgIpc) is 3.12. The van der Waals surface area contributed by atoms with Crippen molar-refractivity contribution in [1.29, 1.82) is 0 Å². The van der Waals surface area contributed by atoms with Crippen molar-refractivity contribution in [3.8, 4) is 0 Å². The number of benzene rings is 2. The summed E-state index contributed by atoms with van der Waals surface area (Å²) in [5.41, 5.74) is 13.0. The molecular weight excluding hydrogens is 705 g/mol. The summed E-state index contributed by atoms with van der Waals surface area (Å²) in [6.07, 6.45) is 2.60. The summed E-state index contributed by atoms with van der Waals surface area (Å²) in [6, 6.07) is 21.4. The molecule has 2 aliphatic heterocycles. The van der Waals surface area contributed by atoms with Crippen molar-refractivity contribution in [3.63, 3.8) is 0 Å². The van der Waals surface area contributed by atoms with E-state index in [1.54, 1.807) is 27.7 Å². The zero-order valence-corrected chi connectivity index (χ0v) is 31.6. The average molecular weight is 753 g/mol. The van der Waals surface area contributed by atoms with Crippen molar-refractivity contribution in [3.05, 3.63) is 96.3 Å². The Bertz CT molecular complexity index is 1850. The number of nitrogens with two attached hydrogens (primary N) is 2. The first-order valence-corrected chi connectivity index (χ1v) is 19.8.